The molecular weight excluding hydrogens is 247 g/mol. The van der Waals surface area contributed by atoms with E-state index < -0.39 is 5.91 Å². The van der Waals surface area contributed by atoms with Crippen molar-refractivity contribution in [1.29, 1.82) is 0 Å². The van der Waals surface area contributed by atoms with Crippen LogP contribution in [0.2, 0.25) is 0 Å². The topological polar surface area (TPSA) is 64.3 Å². The summed E-state index contributed by atoms with van der Waals surface area (Å²) in [5.74, 6) is 4.67. The Hall–Kier alpha value is -1.46. The minimum atomic E-state index is -0.444. The zero-order chi connectivity index (χ0) is 14.3. The van der Waals surface area contributed by atoms with E-state index >= 15 is 0 Å². The van der Waals surface area contributed by atoms with Gasteiger partial charge in [-0.2, -0.15) is 0 Å². The zero-order valence-corrected chi connectivity index (χ0v) is 11.4. The van der Waals surface area contributed by atoms with E-state index in [4.69, 9.17) is 10.6 Å². The smallest absolute Gasteiger partial charge is 0.265 e. The van der Waals surface area contributed by atoms with Crippen LogP contribution in [0, 0.1) is 11.7 Å². The first-order valence-corrected chi connectivity index (χ1v) is 6.45. The Kier molecular flexibility index (Phi) is 6.45. The number of rotatable bonds is 7. The van der Waals surface area contributed by atoms with Gasteiger partial charge in [0.1, 0.15) is 5.82 Å². The average Bonchev–Trinajstić information content (AvgIpc) is 2.40. The maximum absolute atomic E-state index is 13.6. The third kappa shape index (κ3) is 4.96. The maximum Gasteiger partial charge on any atom is 0.265 e. The molecule has 0 fully saturated rings. The van der Waals surface area contributed by atoms with Gasteiger partial charge >= 0.3 is 0 Å². The Bertz CT molecular complexity index is 424. The van der Waals surface area contributed by atoms with Crippen molar-refractivity contribution in [2.24, 2.45) is 11.8 Å². The summed E-state index contributed by atoms with van der Waals surface area (Å²) in [4.78, 5) is 11.3. The molecule has 1 aromatic rings. The summed E-state index contributed by atoms with van der Waals surface area (Å²) in [6, 6.07) is 4.10. The summed E-state index contributed by atoms with van der Waals surface area (Å²) in [7, 11) is 0. The van der Waals surface area contributed by atoms with Gasteiger partial charge in [0, 0.05) is 17.7 Å². The molecule has 19 heavy (non-hydrogen) atoms. The predicted octanol–water partition coefficient (Wildman–Crippen LogP) is 2.38. The van der Waals surface area contributed by atoms with Gasteiger partial charge < -0.3 is 4.74 Å². The van der Waals surface area contributed by atoms with Gasteiger partial charge in [0.2, 0.25) is 0 Å². The van der Waals surface area contributed by atoms with Crippen LogP contribution in [0.25, 0.3) is 0 Å². The van der Waals surface area contributed by atoms with E-state index in [1.165, 1.54) is 18.2 Å². The standard InChI is InChI=1S/C14H21FN2O2/c1-3-4-10(2)8-19-9-12-7-11(14(18)17-16)5-6-13(12)15/h5-7,10H,3-4,8-9,16H2,1-2H3,(H,17,18). The number of amides is 1. The molecule has 4 nitrogen and oxygen atoms in total. The highest BCUT2D eigenvalue weighted by Gasteiger charge is 2.09. The number of halogens is 1. The van der Waals surface area contributed by atoms with Gasteiger partial charge in [-0.15, -0.1) is 0 Å². The Morgan fingerprint density at radius 3 is 2.89 bits per heavy atom. The molecule has 1 aromatic carbocycles. The van der Waals surface area contributed by atoms with Crippen LogP contribution in [0.5, 0.6) is 0 Å². The second kappa shape index (κ2) is 7.86. The highest BCUT2D eigenvalue weighted by atomic mass is 19.1. The number of benzene rings is 1. The van der Waals surface area contributed by atoms with Crippen molar-refractivity contribution in [3.05, 3.63) is 35.1 Å². The number of nitrogens with two attached hydrogens (primary N) is 1. The van der Waals surface area contributed by atoms with E-state index in [0.29, 0.717) is 23.7 Å². The predicted molar refractivity (Wildman–Crippen MR) is 71.8 cm³/mol. The van der Waals surface area contributed by atoms with Crippen molar-refractivity contribution in [2.75, 3.05) is 6.61 Å². The summed E-state index contributed by atoms with van der Waals surface area (Å²) in [6.07, 6.45) is 2.18. The van der Waals surface area contributed by atoms with Gasteiger partial charge in [0.15, 0.2) is 0 Å². The number of ether oxygens (including phenoxy) is 1. The molecule has 0 aliphatic heterocycles. The maximum atomic E-state index is 13.6. The van der Waals surface area contributed by atoms with Crippen LogP contribution >= 0.6 is 0 Å². The SMILES string of the molecule is CCCC(C)COCc1cc(C(=O)NN)ccc1F. The van der Waals surface area contributed by atoms with Crippen LogP contribution in [0.3, 0.4) is 0 Å². The molecule has 0 heterocycles. The molecular formula is C14H21FN2O2. The quantitative estimate of drug-likeness (QED) is 0.453. The summed E-state index contributed by atoms with van der Waals surface area (Å²) >= 11 is 0. The number of nitrogens with one attached hydrogen (secondary N) is 1. The van der Waals surface area contributed by atoms with Crippen LogP contribution in [-0.4, -0.2) is 12.5 Å². The molecule has 5 heteroatoms. The first kappa shape index (κ1) is 15.6. The van der Waals surface area contributed by atoms with Gasteiger partial charge in [0.05, 0.1) is 6.61 Å². The molecule has 106 valence electrons. The molecule has 0 aromatic heterocycles. The summed E-state index contributed by atoms with van der Waals surface area (Å²) in [5, 5.41) is 0. The third-order valence-electron chi connectivity index (χ3n) is 2.88. The van der Waals surface area contributed by atoms with Crippen molar-refractivity contribution in [3.8, 4) is 0 Å². The second-order valence-corrected chi connectivity index (χ2v) is 4.69. The van der Waals surface area contributed by atoms with Gasteiger partial charge in [-0.1, -0.05) is 20.3 Å². The van der Waals surface area contributed by atoms with E-state index in [2.05, 4.69) is 13.8 Å². The molecule has 0 saturated carbocycles. The number of carbonyl (C=O) groups is 1. The number of hydrazine groups is 1. The molecule has 0 radical (unpaired) electrons. The second-order valence-electron chi connectivity index (χ2n) is 4.69. The van der Waals surface area contributed by atoms with Crippen molar-refractivity contribution < 1.29 is 13.9 Å². The van der Waals surface area contributed by atoms with Gasteiger partial charge in [-0.25, -0.2) is 10.2 Å². The molecule has 3 N–H and O–H groups in total. The fourth-order valence-corrected chi connectivity index (χ4v) is 1.86. The molecule has 1 rings (SSSR count). The van der Waals surface area contributed by atoms with Crippen molar-refractivity contribution >= 4 is 5.91 Å². The van der Waals surface area contributed by atoms with Crippen LogP contribution in [0.1, 0.15) is 42.6 Å². The van der Waals surface area contributed by atoms with E-state index in [-0.39, 0.29) is 12.4 Å². The highest BCUT2D eigenvalue weighted by molar-refractivity contribution is 5.93. The lowest BCUT2D eigenvalue weighted by atomic mass is 10.1. The first-order chi connectivity index (χ1) is 9.08. The normalized spacial score (nSPS) is 12.2. The average molecular weight is 268 g/mol. The molecule has 1 amide bonds. The number of nitrogen functional groups attached to an aromatic ring is 1. The van der Waals surface area contributed by atoms with Crippen LogP contribution < -0.4 is 11.3 Å². The van der Waals surface area contributed by atoms with Crippen LogP contribution in [0.15, 0.2) is 18.2 Å². The fraction of sp³-hybridized carbons (Fsp3) is 0.500. The van der Waals surface area contributed by atoms with Gasteiger partial charge in [-0.05, 0) is 30.5 Å². The third-order valence-corrected chi connectivity index (χ3v) is 2.88. The van der Waals surface area contributed by atoms with E-state index in [1.54, 1.807) is 0 Å². The lowest BCUT2D eigenvalue weighted by molar-refractivity contribution is 0.0871. The van der Waals surface area contributed by atoms with Gasteiger partial charge in [0.25, 0.3) is 5.91 Å². The molecule has 1 unspecified atom stereocenters. The molecule has 0 saturated heterocycles. The number of carbonyl (C=O) groups excluding carboxylic acids is 1. The Morgan fingerprint density at radius 2 is 2.26 bits per heavy atom. The molecule has 0 aliphatic rings. The number of hydrogen-bond acceptors (Lipinski definition) is 3. The molecule has 0 bridgehead atoms. The fourth-order valence-electron chi connectivity index (χ4n) is 1.86. The van der Waals surface area contributed by atoms with E-state index in [1.807, 2.05) is 5.43 Å². The van der Waals surface area contributed by atoms with Crippen molar-refractivity contribution in [2.45, 2.75) is 33.3 Å². The van der Waals surface area contributed by atoms with Crippen LogP contribution in [-0.2, 0) is 11.3 Å². The highest BCUT2D eigenvalue weighted by Crippen LogP contribution is 2.13. The largest absolute Gasteiger partial charge is 0.376 e. The minimum absolute atomic E-state index is 0.158. The summed E-state index contributed by atoms with van der Waals surface area (Å²) in [5.41, 5.74) is 2.71. The summed E-state index contributed by atoms with van der Waals surface area (Å²) < 4.78 is 19.0. The summed E-state index contributed by atoms with van der Waals surface area (Å²) in [6.45, 7) is 4.95. The van der Waals surface area contributed by atoms with Crippen LogP contribution in [0.4, 0.5) is 4.39 Å². The Balaban J connectivity index is 2.59. The molecule has 0 spiro atoms. The minimum Gasteiger partial charge on any atom is -0.376 e. The first-order valence-electron chi connectivity index (χ1n) is 6.45. The van der Waals surface area contributed by atoms with Gasteiger partial charge in [-0.3, -0.25) is 10.2 Å². The lowest BCUT2D eigenvalue weighted by Crippen LogP contribution is -2.30. The van der Waals surface area contributed by atoms with E-state index in [9.17, 15) is 9.18 Å². The van der Waals surface area contributed by atoms with Crippen molar-refractivity contribution in [1.82, 2.24) is 5.43 Å². The monoisotopic (exact) mass is 268 g/mol. The van der Waals surface area contributed by atoms with Crippen molar-refractivity contribution in [3.63, 3.8) is 0 Å². The zero-order valence-electron chi connectivity index (χ0n) is 11.4. The Labute approximate surface area is 113 Å². The molecule has 0 aliphatic carbocycles. The Morgan fingerprint density at radius 1 is 1.53 bits per heavy atom. The lowest BCUT2D eigenvalue weighted by Gasteiger charge is -2.11. The molecule has 1 atom stereocenters. The van der Waals surface area contributed by atoms with E-state index in [0.717, 1.165) is 12.8 Å². The number of hydrogen-bond donors (Lipinski definition) is 2.